The van der Waals surface area contributed by atoms with Crippen LogP contribution < -0.4 is 0 Å². The molecule has 0 atom stereocenters. The van der Waals surface area contributed by atoms with Gasteiger partial charge in [-0.1, -0.05) is 145 Å². The van der Waals surface area contributed by atoms with E-state index in [1.165, 1.54) is 0 Å². The van der Waals surface area contributed by atoms with E-state index in [2.05, 4.69) is 48.5 Å². The molecule has 0 aliphatic heterocycles. The highest BCUT2D eigenvalue weighted by atomic mass is 16.3. The number of fused-ring (bicyclic) bond motifs is 5. The van der Waals surface area contributed by atoms with Crippen LogP contribution in [0.5, 0.6) is 0 Å². The predicted molar refractivity (Wildman–Crippen MR) is 209 cm³/mol. The Bertz CT molecular complexity index is 3180. The predicted octanol–water partition coefficient (Wildman–Crippen LogP) is 12.4. The molecule has 0 amide bonds. The van der Waals surface area contributed by atoms with Gasteiger partial charge in [0, 0.05) is 27.5 Å². The van der Waals surface area contributed by atoms with Crippen molar-refractivity contribution in [1.29, 1.82) is 0 Å². The van der Waals surface area contributed by atoms with E-state index in [0.717, 1.165) is 71.3 Å². The Morgan fingerprint density at radius 2 is 0.980 bits per heavy atom. The van der Waals surface area contributed by atoms with Gasteiger partial charge in [0.25, 0.3) is 0 Å². The van der Waals surface area contributed by atoms with Crippen molar-refractivity contribution in [3.05, 3.63) is 176 Å². The molecule has 10 aromatic rings. The highest BCUT2D eigenvalue weighted by Gasteiger charge is 2.19. The highest BCUT2D eigenvalue weighted by Crippen LogP contribution is 2.39. The van der Waals surface area contributed by atoms with Crippen molar-refractivity contribution in [2.45, 2.75) is 0 Å². The molecule has 0 bridgehead atoms. The second-order valence-electron chi connectivity index (χ2n) is 12.5. The third-order valence-electron chi connectivity index (χ3n) is 9.38. The molecule has 0 fully saturated rings. The second-order valence-corrected chi connectivity index (χ2v) is 12.5. The van der Waals surface area contributed by atoms with Gasteiger partial charge in [-0.15, -0.1) is 0 Å². The fraction of sp³-hybridized carbons (Fsp3) is 0. The van der Waals surface area contributed by atoms with Gasteiger partial charge >= 0.3 is 0 Å². The van der Waals surface area contributed by atoms with Crippen LogP contribution >= 0.6 is 0 Å². The van der Waals surface area contributed by atoms with Crippen molar-refractivity contribution in [3.8, 4) is 56.4 Å². The Morgan fingerprint density at radius 1 is 0.392 bits per heavy atom. The molecule has 8 aromatic carbocycles. The van der Waals surface area contributed by atoms with Crippen LogP contribution in [-0.2, 0) is 0 Å². The standard InChI is InChI=1S/C47H29N3O/c1-2-10-30(11-3-1)32-20-22-33(23-21-32)35-16-8-17-38(26-35)45-48-46(39-25-24-31-12-4-5-13-34(31)27-39)50-47(49-45)40-18-9-19-42-44(40)41-28-36-14-6-7-15-37(36)29-43(41)51-42/h1-29H/i1D,2D,3D,10D,11D. The van der Waals surface area contributed by atoms with Gasteiger partial charge in [0.2, 0.25) is 0 Å². The second kappa shape index (κ2) is 11.9. The number of benzene rings is 8. The zero-order valence-corrected chi connectivity index (χ0v) is 27.1. The minimum atomic E-state index is -0.411. The lowest BCUT2D eigenvalue weighted by Crippen LogP contribution is -2.00. The smallest absolute Gasteiger partial charge is 0.164 e. The lowest BCUT2D eigenvalue weighted by molar-refractivity contribution is 0.669. The third kappa shape index (κ3) is 5.22. The maximum Gasteiger partial charge on any atom is 0.164 e. The van der Waals surface area contributed by atoms with Crippen LogP contribution in [0.1, 0.15) is 6.85 Å². The number of furan rings is 1. The molecule has 0 unspecified atom stereocenters. The lowest BCUT2D eigenvalue weighted by Gasteiger charge is -2.11. The largest absolute Gasteiger partial charge is 0.456 e. The summed E-state index contributed by atoms with van der Waals surface area (Å²) in [6.45, 7) is 0. The molecule has 4 nitrogen and oxygen atoms in total. The number of hydrogen-bond donors (Lipinski definition) is 0. The lowest BCUT2D eigenvalue weighted by atomic mass is 9.99. The molecule has 51 heavy (non-hydrogen) atoms. The third-order valence-corrected chi connectivity index (χ3v) is 9.38. The van der Waals surface area contributed by atoms with Crippen LogP contribution in [-0.4, -0.2) is 15.0 Å². The Balaban J connectivity index is 1.12. The van der Waals surface area contributed by atoms with Crippen molar-refractivity contribution in [2.24, 2.45) is 0 Å². The Kier molecular flexibility index (Phi) is 5.66. The topological polar surface area (TPSA) is 51.8 Å². The molecule has 2 aromatic heterocycles. The van der Waals surface area contributed by atoms with Gasteiger partial charge in [-0.05, 0) is 74.1 Å². The van der Waals surface area contributed by atoms with Crippen LogP contribution in [0.25, 0.3) is 99.9 Å². The minimum absolute atomic E-state index is 0.170. The van der Waals surface area contributed by atoms with Crippen LogP contribution in [0, 0.1) is 0 Å². The maximum absolute atomic E-state index is 8.42. The number of hydrogen-bond acceptors (Lipinski definition) is 4. The Morgan fingerprint density at radius 3 is 1.75 bits per heavy atom. The maximum atomic E-state index is 8.42. The fourth-order valence-electron chi connectivity index (χ4n) is 6.84. The van der Waals surface area contributed by atoms with E-state index in [-0.39, 0.29) is 29.7 Å². The van der Waals surface area contributed by atoms with E-state index in [1.807, 2.05) is 84.9 Å². The molecule has 0 spiro atoms. The van der Waals surface area contributed by atoms with Crippen molar-refractivity contribution in [2.75, 3.05) is 0 Å². The monoisotopic (exact) mass is 656 g/mol. The summed E-state index contributed by atoms with van der Waals surface area (Å²) in [5.74, 6) is 1.57. The Hall–Kier alpha value is -6.91. The Labute approximate surface area is 301 Å². The molecule has 0 saturated heterocycles. The summed E-state index contributed by atoms with van der Waals surface area (Å²) in [6.07, 6.45) is 0. The van der Waals surface area contributed by atoms with Crippen LogP contribution in [0.2, 0.25) is 0 Å². The SMILES string of the molecule is [2H]c1c([2H])c([2H])c(-c2ccc(-c3cccc(-c4nc(-c5ccc6ccccc6c5)nc(-c5cccc6oc7cc8ccccc8cc7c56)n4)c3)cc2)c([2H])c1[2H]. The normalized spacial score (nSPS) is 12.9. The zero-order valence-electron chi connectivity index (χ0n) is 32.1. The van der Waals surface area contributed by atoms with E-state index in [0.29, 0.717) is 23.0 Å². The van der Waals surface area contributed by atoms with Crippen LogP contribution in [0.4, 0.5) is 0 Å². The molecule has 0 saturated carbocycles. The first kappa shape index (κ1) is 24.3. The summed E-state index contributed by atoms with van der Waals surface area (Å²) in [4.78, 5) is 15.3. The van der Waals surface area contributed by atoms with Gasteiger partial charge in [-0.3, -0.25) is 0 Å². The van der Waals surface area contributed by atoms with Crippen LogP contribution in [0.15, 0.2) is 180 Å². The van der Waals surface area contributed by atoms with Gasteiger partial charge in [0.1, 0.15) is 11.2 Å². The molecule has 238 valence electrons. The molecule has 0 aliphatic rings. The molecule has 0 radical (unpaired) electrons. The van der Waals surface area contributed by atoms with Crippen molar-refractivity contribution >= 4 is 43.5 Å². The van der Waals surface area contributed by atoms with Crippen molar-refractivity contribution < 1.29 is 11.3 Å². The summed E-state index contributed by atoms with van der Waals surface area (Å²) in [5.41, 5.74) is 6.52. The first-order chi connectivity index (χ1) is 27.3. The molecule has 2 heterocycles. The molecule has 0 N–H and O–H groups in total. The summed E-state index contributed by atoms with van der Waals surface area (Å²) < 4.78 is 47.4. The summed E-state index contributed by atoms with van der Waals surface area (Å²) in [7, 11) is 0. The van der Waals surface area contributed by atoms with E-state index >= 15 is 0 Å². The van der Waals surface area contributed by atoms with Gasteiger partial charge in [-0.2, -0.15) is 0 Å². The summed E-state index contributed by atoms with van der Waals surface area (Å²) in [5, 5.41) is 6.34. The number of rotatable bonds is 5. The highest BCUT2D eigenvalue weighted by molar-refractivity contribution is 6.15. The molecule has 4 heteroatoms. The average Bonchev–Trinajstić information content (AvgIpc) is 3.61. The first-order valence-corrected chi connectivity index (χ1v) is 16.7. The molecule has 10 rings (SSSR count). The molecular formula is C47H29N3O. The fourth-order valence-corrected chi connectivity index (χ4v) is 6.84. The minimum Gasteiger partial charge on any atom is -0.456 e. The number of aromatic nitrogens is 3. The molecule has 0 aliphatic carbocycles. The van der Waals surface area contributed by atoms with Gasteiger partial charge in [-0.25, -0.2) is 15.0 Å². The quantitative estimate of drug-likeness (QED) is 0.185. The van der Waals surface area contributed by atoms with E-state index in [4.69, 9.17) is 26.2 Å². The number of nitrogens with zero attached hydrogens (tertiary/aromatic N) is 3. The zero-order chi connectivity index (χ0) is 38.1. The van der Waals surface area contributed by atoms with Gasteiger partial charge in [0.15, 0.2) is 17.5 Å². The van der Waals surface area contributed by atoms with Crippen LogP contribution in [0.3, 0.4) is 0 Å². The van der Waals surface area contributed by atoms with Gasteiger partial charge < -0.3 is 4.42 Å². The summed E-state index contributed by atoms with van der Waals surface area (Å²) in [6, 6.07) is 46.6. The van der Waals surface area contributed by atoms with Gasteiger partial charge in [0.05, 0.1) is 6.85 Å². The first-order valence-electron chi connectivity index (χ1n) is 19.2. The van der Waals surface area contributed by atoms with E-state index < -0.39 is 6.04 Å². The van der Waals surface area contributed by atoms with E-state index in [9.17, 15) is 0 Å². The summed E-state index contributed by atoms with van der Waals surface area (Å²) >= 11 is 0. The molecular weight excluding hydrogens is 623 g/mol. The average molecular weight is 657 g/mol. The van der Waals surface area contributed by atoms with E-state index in [1.54, 1.807) is 12.1 Å². The van der Waals surface area contributed by atoms with Crippen molar-refractivity contribution in [1.82, 2.24) is 15.0 Å². The van der Waals surface area contributed by atoms with Crippen molar-refractivity contribution in [3.63, 3.8) is 0 Å².